The quantitative estimate of drug-likeness (QED) is 0.885. The molecule has 1 aliphatic rings. The summed E-state index contributed by atoms with van der Waals surface area (Å²) in [5.74, 6) is -1.97. The number of hydrogen-bond acceptors (Lipinski definition) is 3. The second-order valence-corrected chi connectivity index (χ2v) is 7.17. The van der Waals surface area contributed by atoms with Gasteiger partial charge in [-0.2, -0.15) is 0 Å². The summed E-state index contributed by atoms with van der Waals surface area (Å²) in [6.07, 6.45) is 1.70. The Labute approximate surface area is 127 Å². The molecule has 116 valence electrons. The fourth-order valence-corrected chi connectivity index (χ4v) is 4.24. The van der Waals surface area contributed by atoms with Gasteiger partial charge in [-0.15, -0.1) is 0 Å². The zero-order valence-electron chi connectivity index (χ0n) is 11.1. The van der Waals surface area contributed by atoms with Crippen LogP contribution in [0, 0.1) is 11.7 Å². The van der Waals surface area contributed by atoms with Crippen LogP contribution in [0.25, 0.3) is 0 Å². The van der Waals surface area contributed by atoms with Crippen LogP contribution in [-0.2, 0) is 14.8 Å². The molecule has 0 atom stereocenters. The Kier molecular flexibility index (Phi) is 4.85. The number of hydrogen-bond donors (Lipinski definition) is 2. The predicted molar refractivity (Wildman–Crippen MR) is 75.1 cm³/mol. The monoisotopic (exact) mass is 335 g/mol. The van der Waals surface area contributed by atoms with Gasteiger partial charge in [0.05, 0.1) is 10.9 Å². The standard InChI is InChI=1S/C13H15ClFNO4S/c14-11-6-3-9(15)7-12(11)21(19,20)16-10-4-1-8(2-5-10)13(17)18/h3,6-8,10,16H,1-2,4-5H2,(H,17,18). The molecule has 0 radical (unpaired) electrons. The summed E-state index contributed by atoms with van der Waals surface area (Å²) >= 11 is 5.80. The van der Waals surface area contributed by atoms with Crippen molar-refractivity contribution in [2.75, 3.05) is 0 Å². The van der Waals surface area contributed by atoms with Crippen molar-refractivity contribution in [3.8, 4) is 0 Å². The lowest BCUT2D eigenvalue weighted by atomic mass is 9.87. The minimum absolute atomic E-state index is 0.0527. The molecule has 2 N–H and O–H groups in total. The largest absolute Gasteiger partial charge is 0.481 e. The number of aliphatic carboxylic acids is 1. The number of rotatable bonds is 4. The fraction of sp³-hybridized carbons (Fsp3) is 0.462. The molecule has 1 aromatic rings. The number of carboxylic acids is 1. The number of carbonyl (C=O) groups is 1. The highest BCUT2D eigenvalue weighted by molar-refractivity contribution is 7.89. The molecule has 1 aliphatic carbocycles. The van der Waals surface area contributed by atoms with Crippen LogP contribution in [0.2, 0.25) is 5.02 Å². The molecule has 0 spiro atoms. The van der Waals surface area contributed by atoms with Crippen molar-refractivity contribution >= 4 is 27.6 Å². The second-order valence-electron chi connectivity index (χ2n) is 5.08. The molecule has 2 rings (SSSR count). The van der Waals surface area contributed by atoms with Crippen molar-refractivity contribution < 1.29 is 22.7 Å². The molecule has 0 aliphatic heterocycles. The molecule has 0 bridgehead atoms. The Morgan fingerprint density at radius 1 is 1.29 bits per heavy atom. The summed E-state index contributed by atoms with van der Waals surface area (Å²) in [5.41, 5.74) is 0. The van der Waals surface area contributed by atoms with Crippen molar-refractivity contribution in [1.29, 1.82) is 0 Å². The van der Waals surface area contributed by atoms with E-state index in [4.69, 9.17) is 16.7 Å². The highest BCUT2D eigenvalue weighted by atomic mass is 35.5. The van der Waals surface area contributed by atoms with Crippen molar-refractivity contribution in [2.45, 2.75) is 36.6 Å². The minimum Gasteiger partial charge on any atom is -0.481 e. The van der Waals surface area contributed by atoms with Crippen LogP contribution in [0.15, 0.2) is 23.1 Å². The van der Waals surface area contributed by atoms with Gasteiger partial charge in [-0.05, 0) is 43.9 Å². The van der Waals surface area contributed by atoms with Crippen LogP contribution in [-0.4, -0.2) is 25.5 Å². The fourth-order valence-electron chi connectivity index (χ4n) is 2.42. The Balaban J connectivity index is 2.09. The van der Waals surface area contributed by atoms with Gasteiger partial charge in [-0.3, -0.25) is 4.79 Å². The van der Waals surface area contributed by atoms with E-state index in [0.29, 0.717) is 25.7 Å². The van der Waals surface area contributed by atoms with Crippen LogP contribution in [0.3, 0.4) is 0 Å². The number of nitrogens with one attached hydrogen (secondary N) is 1. The van der Waals surface area contributed by atoms with Gasteiger partial charge in [0.1, 0.15) is 10.7 Å². The van der Waals surface area contributed by atoms with Crippen LogP contribution in [0.1, 0.15) is 25.7 Å². The maximum Gasteiger partial charge on any atom is 0.306 e. The average Bonchev–Trinajstić information content (AvgIpc) is 2.41. The van der Waals surface area contributed by atoms with Gasteiger partial charge in [0.15, 0.2) is 0 Å². The molecule has 21 heavy (non-hydrogen) atoms. The molecule has 1 saturated carbocycles. The third-order valence-electron chi connectivity index (χ3n) is 3.58. The molecule has 0 saturated heterocycles. The van der Waals surface area contributed by atoms with E-state index >= 15 is 0 Å². The topological polar surface area (TPSA) is 83.5 Å². The molecule has 1 fully saturated rings. The molecule has 0 amide bonds. The van der Waals surface area contributed by atoms with Crippen LogP contribution in [0.4, 0.5) is 4.39 Å². The van der Waals surface area contributed by atoms with Gasteiger partial charge in [0.25, 0.3) is 0 Å². The van der Waals surface area contributed by atoms with E-state index in [1.807, 2.05) is 0 Å². The second kappa shape index (κ2) is 6.29. The van der Waals surface area contributed by atoms with Gasteiger partial charge >= 0.3 is 5.97 Å². The van der Waals surface area contributed by atoms with E-state index in [2.05, 4.69) is 4.72 Å². The summed E-state index contributed by atoms with van der Waals surface area (Å²) in [6, 6.07) is 2.78. The highest BCUT2D eigenvalue weighted by Crippen LogP contribution is 2.27. The van der Waals surface area contributed by atoms with Crippen molar-refractivity contribution in [3.05, 3.63) is 29.0 Å². The lowest BCUT2D eigenvalue weighted by molar-refractivity contribution is -0.142. The smallest absolute Gasteiger partial charge is 0.306 e. The lowest BCUT2D eigenvalue weighted by Crippen LogP contribution is -2.38. The molecule has 0 aromatic heterocycles. The van der Waals surface area contributed by atoms with Gasteiger partial charge in [-0.1, -0.05) is 11.6 Å². The summed E-state index contributed by atoms with van der Waals surface area (Å²) in [7, 11) is -3.92. The van der Waals surface area contributed by atoms with Crippen LogP contribution >= 0.6 is 11.6 Å². The zero-order chi connectivity index (χ0) is 15.6. The maximum atomic E-state index is 13.2. The minimum atomic E-state index is -3.92. The Hall–Kier alpha value is -1.18. The Bertz CT molecular complexity index is 642. The van der Waals surface area contributed by atoms with E-state index in [9.17, 15) is 17.6 Å². The van der Waals surface area contributed by atoms with E-state index in [-0.39, 0.29) is 16.0 Å². The molecular weight excluding hydrogens is 321 g/mol. The first kappa shape index (κ1) is 16.2. The molecule has 1 aromatic carbocycles. The first-order valence-electron chi connectivity index (χ1n) is 6.50. The number of benzene rings is 1. The molecule has 0 heterocycles. The summed E-state index contributed by atoms with van der Waals surface area (Å²) in [4.78, 5) is 10.6. The third kappa shape index (κ3) is 3.93. The first-order chi connectivity index (χ1) is 9.79. The Morgan fingerprint density at radius 3 is 2.48 bits per heavy atom. The van der Waals surface area contributed by atoms with Crippen molar-refractivity contribution in [3.63, 3.8) is 0 Å². The van der Waals surface area contributed by atoms with Gasteiger partial charge < -0.3 is 5.11 Å². The third-order valence-corrected chi connectivity index (χ3v) is 5.58. The van der Waals surface area contributed by atoms with Gasteiger partial charge in [-0.25, -0.2) is 17.5 Å². The van der Waals surface area contributed by atoms with Crippen LogP contribution < -0.4 is 4.72 Å². The molecule has 0 unspecified atom stereocenters. The molecule has 8 heteroatoms. The SMILES string of the molecule is O=C(O)C1CCC(NS(=O)(=O)c2cc(F)ccc2Cl)CC1. The van der Waals surface area contributed by atoms with Gasteiger partial charge in [0, 0.05) is 6.04 Å². The average molecular weight is 336 g/mol. The van der Waals surface area contributed by atoms with Gasteiger partial charge in [0.2, 0.25) is 10.0 Å². The van der Waals surface area contributed by atoms with E-state index < -0.39 is 27.7 Å². The number of carboxylic acid groups (broad SMARTS) is 1. The summed E-state index contributed by atoms with van der Waals surface area (Å²) < 4.78 is 40.1. The first-order valence-corrected chi connectivity index (χ1v) is 8.36. The van der Waals surface area contributed by atoms with E-state index in [0.717, 1.165) is 12.1 Å². The number of sulfonamides is 1. The predicted octanol–water partition coefficient (Wildman–Crippen LogP) is 2.40. The number of halogens is 2. The summed E-state index contributed by atoms with van der Waals surface area (Å²) in [6.45, 7) is 0. The van der Waals surface area contributed by atoms with E-state index in [1.165, 1.54) is 6.07 Å². The van der Waals surface area contributed by atoms with Crippen molar-refractivity contribution in [1.82, 2.24) is 4.72 Å². The molecule has 5 nitrogen and oxygen atoms in total. The summed E-state index contributed by atoms with van der Waals surface area (Å²) in [5, 5.41) is 8.85. The normalized spacial score (nSPS) is 23.0. The molecular formula is C13H15ClFNO4S. The lowest BCUT2D eigenvalue weighted by Gasteiger charge is -2.26. The van der Waals surface area contributed by atoms with Crippen molar-refractivity contribution in [2.24, 2.45) is 5.92 Å². The Morgan fingerprint density at radius 2 is 1.90 bits per heavy atom. The maximum absolute atomic E-state index is 13.2. The van der Waals surface area contributed by atoms with E-state index in [1.54, 1.807) is 0 Å². The highest BCUT2D eigenvalue weighted by Gasteiger charge is 2.29. The van der Waals surface area contributed by atoms with Crippen LogP contribution in [0.5, 0.6) is 0 Å². The zero-order valence-corrected chi connectivity index (χ0v) is 12.6.